The van der Waals surface area contributed by atoms with Crippen molar-refractivity contribution in [3.05, 3.63) is 18.2 Å². The zero-order chi connectivity index (χ0) is 22.1. The Morgan fingerprint density at radius 3 is 2.87 bits per heavy atom. The third-order valence-corrected chi connectivity index (χ3v) is 6.73. The van der Waals surface area contributed by atoms with Gasteiger partial charge in [-0.05, 0) is 26.2 Å². The van der Waals surface area contributed by atoms with Crippen LogP contribution in [0.5, 0.6) is 0 Å². The highest BCUT2D eigenvalue weighted by Crippen LogP contribution is 2.34. The Morgan fingerprint density at radius 2 is 2.16 bits per heavy atom. The van der Waals surface area contributed by atoms with Crippen molar-refractivity contribution in [2.24, 2.45) is 13.0 Å². The second kappa shape index (κ2) is 8.86. The molecular weight excluding hydrogens is 414 g/mol. The van der Waals surface area contributed by atoms with Crippen molar-refractivity contribution in [1.82, 2.24) is 34.2 Å². The molecule has 1 unspecified atom stereocenters. The van der Waals surface area contributed by atoms with Crippen LogP contribution in [0.15, 0.2) is 17.6 Å². The van der Waals surface area contributed by atoms with E-state index in [0.29, 0.717) is 25.6 Å². The van der Waals surface area contributed by atoms with E-state index < -0.39 is 0 Å². The molecule has 4 heterocycles. The first-order valence-electron chi connectivity index (χ1n) is 10.7. The predicted molar refractivity (Wildman–Crippen MR) is 120 cm³/mol. The molecule has 0 N–H and O–H groups in total. The summed E-state index contributed by atoms with van der Waals surface area (Å²) in [4.78, 5) is 27.9. The third-order valence-electron chi connectivity index (χ3n) is 5.49. The standard InChI is InChI=1S/C21H29N7O2S/c1-6-28-14(4)16(9-24-28)18-25-17-19(26(18)5)22-12-23-20(17)31-15-7-8-27(10-15)21(29)30-11-13(2)3/h9,12-13,15H,6-8,10-11H2,1-5H3. The van der Waals surface area contributed by atoms with Crippen LogP contribution < -0.4 is 0 Å². The molecule has 31 heavy (non-hydrogen) atoms. The van der Waals surface area contributed by atoms with Gasteiger partial charge in [-0.15, -0.1) is 0 Å². The molecule has 1 amide bonds. The molecule has 0 bridgehead atoms. The van der Waals surface area contributed by atoms with Crippen LogP contribution in [-0.4, -0.2) is 65.2 Å². The molecule has 1 atom stereocenters. The Kier molecular flexibility index (Phi) is 6.17. The first kappa shape index (κ1) is 21.6. The monoisotopic (exact) mass is 443 g/mol. The van der Waals surface area contributed by atoms with Gasteiger partial charge >= 0.3 is 6.09 Å². The molecule has 0 aromatic carbocycles. The Hall–Kier alpha value is -2.62. The fraction of sp³-hybridized carbons (Fsp3) is 0.571. The average molecular weight is 444 g/mol. The van der Waals surface area contributed by atoms with Crippen LogP contribution in [0.2, 0.25) is 0 Å². The highest BCUT2D eigenvalue weighted by atomic mass is 32.2. The zero-order valence-electron chi connectivity index (χ0n) is 18.7. The topological polar surface area (TPSA) is 91.0 Å². The number of hydrogen-bond acceptors (Lipinski definition) is 7. The van der Waals surface area contributed by atoms with E-state index >= 15 is 0 Å². The fourth-order valence-electron chi connectivity index (χ4n) is 3.77. The molecule has 1 aliphatic rings. The van der Waals surface area contributed by atoms with Crippen LogP contribution in [0.3, 0.4) is 0 Å². The largest absolute Gasteiger partial charge is 0.449 e. The normalized spacial score (nSPS) is 16.6. The van der Waals surface area contributed by atoms with E-state index in [9.17, 15) is 4.79 Å². The van der Waals surface area contributed by atoms with Crippen molar-refractivity contribution in [2.45, 2.75) is 50.9 Å². The van der Waals surface area contributed by atoms with Crippen molar-refractivity contribution in [3.63, 3.8) is 0 Å². The van der Waals surface area contributed by atoms with E-state index in [1.165, 1.54) is 0 Å². The lowest BCUT2D eigenvalue weighted by molar-refractivity contribution is 0.0996. The van der Waals surface area contributed by atoms with Crippen LogP contribution in [-0.2, 0) is 18.3 Å². The van der Waals surface area contributed by atoms with Crippen LogP contribution in [0.4, 0.5) is 4.79 Å². The second-order valence-electron chi connectivity index (χ2n) is 8.25. The molecule has 0 aliphatic carbocycles. The molecule has 0 spiro atoms. The van der Waals surface area contributed by atoms with Crippen molar-refractivity contribution in [1.29, 1.82) is 0 Å². The van der Waals surface area contributed by atoms with Crippen LogP contribution >= 0.6 is 11.8 Å². The molecular formula is C21H29N7O2S. The van der Waals surface area contributed by atoms with E-state index in [2.05, 4.69) is 28.9 Å². The summed E-state index contributed by atoms with van der Waals surface area (Å²) in [6.07, 6.45) is 4.11. The second-order valence-corrected chi connectivity index (χ2v) is 9.54. The van der Waals surface area contributed by atoms with Crippen LogP contribution in [0.25, 0.3) is 22.6 Å². The van der Waals surface area contributed by atoms with E-state index in [1.807, 2.05) is 36.3 Å². The molecule has 1 saturated heterocycles. The first-order valence-corrected chi connectivity index (χ1v) is 11.6. The number of aryl methyl sites for hydroxylation is 2. The number of aromatic nitrogens is 6. The van der Waals surface area contributed by atoms with Gasteiger partial charge in [-0.3, -0.25) is 4.68 Å². The SMILES string of the molecule is CCn1ncc(-c2nc3c(SC4CCN(C(=O)OCC(C)C)C4)ncnc3n2C)c1C. The van der Waals surface area contributed by atoms with Crippen molar-refractivity contribution in [2.75, 3.05) is 19.7 Å². The number of fused-ring (bicyclic) bond motifs is 1. The lowest BCUT2D eigenvalue weighted by Gasteiger charge is -2.17. The quantitative estimate of drug-likeness (QED) is 0.538. The zero-order valence-corrected chi connectivity index (χ0v) is 19.5. The van der Waals surface area contributed by atoms with Crippen LogP contribution in [0, 0.1) is 12.8 Å². The number of rotatable bonds is 6. The van der Waals surface area contributed by atoms with Crippen molar-refractivity contribution in [3.8, 4) is 11.4 Å². The molecule has 1 fully saturated rings. The van der Waals surface area contributed by atoms with Gasteiger partial charge in [0.05, 0.1) is 18.4 Å². The van der Waals surface area contributed by atoms with Crippen LogP contribution in [0.1, 0.15) is 32.9 Å². The van der Waals surface area contributed by atoms with Gasteiger partial charge in [0.15, 0.2) is 5.65 Å². The van der Waals surface area contributed by atoms with Gasteiger partial charge in [-0.1, -0.05) is 25.6 Å². The number of carbonyl (C=O) groups is 1. The summed E-state index contributed by atoms with van der Waals surface area (Å²) in [6, 6.07) is 0. The van der Waals surface area contributed by atoms with Gasteiger partial charge in [0.1, 0.15) is 22.7 Å². The van der Waals surface area contributed by atoms with E-state index in [0.717, 1.165) is 46.2 Å². The van der Waals surface area contributed by atoms with Gasteiger partial charge in [0.2, 0.25) is 0 Å². The van der Waals surface area contributed by atoms with Crippen molar-refractivity contribution < 1.29 is 9.53 Å². The van der Waals surface area contributed by atoms with E-state index in [4.69, 9.17) is 9.72 Å². The maximum Gasteiger partial charge on any atom is 0.409 e. The summed E-state index contributed by atoms with van der Waals surface area (Å²) < 4.78 is 9.33. The highest BCUT2D eigenvalue weighted by molar-refractivity contribution is 8.00. The molecule has 0 saturated carbocycles. The molecule has 166 valence electrons. The third kappa shape index (κ3) is 4.26. The summed E-state index contributed by atoms with van der Waals surface area (Å²) in [7, 11) is 1.97. The predicted octanol–water partition coefficient (Wildman–Crippen LogP) is 3.51. The number of amides is 1. The average Bonchev–Trinajstić information content (AvgIpc) is 3.44. The number of likely N-dealkylation sites (tertiary alicyclic amines) is 1. The summed E-state index contributed by atoms with van der Waals surface area (Å²) >= 11 is 1.66. The molecule has 0 radical (unpaired) electrons. The molecule has 9 nitrogen and oxygen atoms in total. The van der Waals surface area contributed by atoms with Gasteiger partial charge in [0, 0.05) is 37.6 Å². The number of carbonyl (C=O) groups excluding carboxylic acids is 1. The van der Waals surface area contributed by atoms with Gasteiger partial charge in [-0.25, -0.2) is 19.7 Å². The lowest BCUT2D eigenvalue weighted by atomic mass is 10.2. The summed E-state index contributed by atoms with van der Waals surface area (Å²) in [5.41, 5.74) is 3.66. The minimum atomic E-state index is -0.229. The Morgan fingerprint density at radius 1 is 1.35 bits per heavy atom. The Labute approximate surface area is 186 Å². The molecule has 4 rings (SSSR count). The summed E-state index contributed by atoms with van der Waals surface area (Å²) in [6.45, 7) is 10.8. The molecule has 1 aliphatic heterocycles. The molecule has 3 aromatic rings. The number of hydrogen-bond donors (Lipinski definition) is 0. The highest BCUT2D eigenvalue weighted by Gasteiger charge is 2.29. The van der Waals surface area contributed by atoms with Gasteiger partial charge in [0.25, 0.3) is 0 Å². The minimum Gasteiger partial charge on any atom is -0.449 e. The van der Waals surface area contributed by atoms with E-state index in [1.54, 1.807) is 23.0 Å². The fourth-order valence-corrected chi connectivity index (χ4v) is 4.92. The maximum atomic E-state index is 12.3. The maximum absolute atomic E-state index is 12.3. The number of imidazole rings is 1. The summed E-state index contributed by atoms with van der Waals surface area (Å²) in [5.74, 6) is 1.16. The van der Waals surface area contributed by atoms with Gasteiger partial charge in [-0.2, -0.15) is 5.10 Å². The first-order chi connectivity index (χ1) is 14.9. The number of nitrogens with zero attached hydrogens (tertiary/aromatic N) is 7. The number of ether oxygens (including phenoxy) is 1. The summed E-state index contributed by atoms with van der Waals surface area (Å²) in [5, 5.41) is 5.54. The number of thioether (sulfide) groups is 1. The smallest absolute Gasteiger partial charge is 0.409 e. The molecule has 3 aromatic heterocycles. The minimum absolute atomic E-state index is 0.229. The van der Waals surface area contributed by atoms with Crippen molar-refractivity contribution >= 4 is 29.0 Å². The van der Waals surface area contributed by atoms with E-state index in [-0.39, 0.29) is 11.3 Å². The Bertz CT molecular complexity index is 1090. The molecule has 10 heteroatoms. The Balaban J connectivity index is 1.54. The lowest BCUT2D eigenvalue weighted by Crippen LogP contribution is -2.30. The van der Waals surface area contributed by atoms with Gasteiger partial charge < -0.3 is 14.2 Å².